The number of carbonyl (C=O) groups is 1. The normalized spacial score (nSPS) is 14.7. The molecule has 0 aliphatic heterocycles. The number of anilines is 1. The minimum absolute atomic E-state index is 0.00445. The first-order valence-corrected chi connectivity index (χ1v) is 7.98. The third-order valence-corrected chi connectivity index (χ3v) is 4.32. The van der Waals surface area contributed by atoms with E-state index in [0.717, 1.165) is 6.42 Å². The van der Waals surface area contributed by atoms with Crippen LogP contribution in [0.1, 0.15) is 20.3 Å². The number of hydrogen-bond acceptors (Lipinski definition) is 4. The zero-order valence-electron chi connectivity index (χ0n) is 11.3. The van der Waals surface area contributed by atoms with E-state index >= 15 is 0 Å². The van der Waals surface area contributed by atoms with Crippen LogP contribution in [0.3, 0.4) is 0 Å². The Balaban J connectivity index is 3.01. The fourth-order valence-corrected chi connectivity index (χ4v) is 2.21. The molecule has 1 aromatic carbocycles. The second-order valence-electron chi connectivity index (χ2n) is 4.59. The Morgan fingerprint density at radius 3 is 2.55 bits per heavy atom. The first-order valence-electron chi connectivity index (χ1n) is 6.05. The standard InChI is InChI=1S/C12H18ClN3O3S/c1-3-7(2)11(14)12(17)16-10-6-8(20(15,18)19)4-5-9(10)13/h4-7,11H,3,14H2,1-2H3,(H,16,17)(H2,15,18,19). The van der Waals surface area contributed by atoms with E-state index in [-0.39, 0.29) is 21.5 Å². The Morgan fingerprint density at radius 1 is 1.45 bits per heavy atom. The summed E-state index contributed by atoms with van der Waals surface area (Å²) in [6.07, 6.45) is 0.750. The van der Waals surface area contributed by atoms with E-state index < -0.39 is 22.0 Å². The Bertz CT molecular complexity index is 604. The highest BCUT2D eigenvalue weighted by molar-refractivity contribution is 7.89. The average molecular weight is 320 g/mol. The van der Waals surface area contributed by atoms with Gasteiger partial charge in [-0.2, -0.15) is 0 Å². The van der Waals surface area contributed by atoms with E-state index in [0.29, 0.717) is 0 Å². The molecule has 0 bridgehead atoms. The summed E-state index contributed by atoms with van der Waals surface area (Å²) in [7, 11) is -3.86. The van der Waals surface area contributed by atoms with Crippen molar-refractivity contribution in [3.05, 3.63) is 23.2 Å². The molecule has 112 valence electrons. The molecule has 2 unspecified atom stereocenters. The van der Waals surface area contributed by atoms with Gasteiger partial charge in [-0.15, -0.1) is 0 Å². The van der Waals surface area contributed by atoms with Gasteiger partial charge in [0.2, 0.25) is 15.9 Å². The fourth-order valence-electron chi connectivity index (χ4n) is 1.51. The number of nitrogens with two attached hydrogens (primary N) is 2. The third kappa shape index (κ3) is 4.17. The van der Waals surface area contributed by atoms with Crippen LogP contribution in [0.25, 0.3) is 0 Å². The van der Waals surface area contributed by atoms with Gasteiger partial charge >= 0.3 is 0 Å². The number of carbonyl (C=O) groups excluding carboxylic acids is 1. The predicted molar refractivity (Wildman–Crippen MR) is 78.9 cm³/mol. The maximum absolute atomic E-state index is 12.0. The second kappa shape index (κ2) is 6.53. The third-order valence-electron chi connectivity index (χ3n) is 3.08. The molecule has 0 spiro atoms. The monoisotopic (exact) mass is 319 g/mol. The molecule has 1 rings (SSSR count). The molecule has 0 saturated carbocycles. The van der Waals surface area contributed by atoms with Crippen LogP contribution in [0.4, 0.5) is 5.69 Å². The molecule has 8 heteroatoms. The number of amides is 1. The van der Waals surface area contributed by atoms with Gasteiger partial charge in [-0.3, -0.25) is 4.79 Å². The van der Waals surface area contributed by atoms with Crippen LogP contribution in [0.15, 0.2) is 23.1 Å². The number of hydrogen-bond donors (Lipinski definition) is 3. The molecule has 0 aromatic heterocycles. The first kappa shape index (κ1) is 16.9. The molecule has 0 radical (unpaired) electrons. The lowest BCUT2D eigenvalue weighted by atomic mass is 9.99. The highest BCUT2D eigenvalue weighted by atomic mass is 35.5. The van der Waals surface area contributed by atoms with Crippen LogP contribution >= 0.6 is 11.6 Å². The van der Waals surface area contributed by atoms with Gasteiger partial charge in [0.1, 0.15) is 0 Å². The Hall–Kier alpha value is -1.15. The summed E-state index contributed by atoms with van der Waals surface area (Å²) in [6.45, 7) is 3.78. The molecule has 1 amide bonds. The lowest BCUT2D eigenvalue weighted by Crippen LogP contribution is -2.40. The highest BCUT2D eigenvalue weighted by Gasteiger charge is 2.21. The average Bonchev–Trinajstić information content (AvgIpc) is 2.38. The molecular formula is C12H18ClN3O3S. The summed E-state index contributed by atoms with van der Waals surface area (Å²) in [4.78, 5) is 11.8. The largest absolute Gasteiger partial charge is 0.323 e. The topological polar surface area (TPSA) is 115 Å². The van der Waals surface area contributed by atoms with Crippen LogP contribution in [0.5, 0.6) is 0 Å². The quantitative estimate of drug-likeness (QED) is 0.758. The van der Waals surface area contributed by atoms with E-state index in [9.17, 15) is 13.2 Å². The van der Waals surface area contributed by atoms with Crippen molar-refractivity contribution in [1.82, 2.24) is 0 Å². The SMILES string of the molecule is CCC(C)C(N)C(=O)Nc1cc(S(N)(=O)=O)ccc1Cl. The summed E-state index contributed by atoms with van der Waals surface area (Å²) in [5.41, 5.74) is 5.96. The zero-order chi connectivity index (χ0) is 15.5. The van der Waals surface area contributed by atoms with Gasteiger partial charge in [-0.25, -0.2) is 13.6 Å². The van der Waals surface area contributed by atoms with Gasteiger partial charge in [0.15, 0.2) is 0 Å². The number of rotatable bonds is 5. The van der Waals surface area contributed by atoms with Crippen LogP contribution in [0, 0.1) is 5.92 Å². The molecular weight excluding hydrogens is 302 g/mol. The minimum Gasteiger partial charge on any atom is -0.323 e. The van der Waals surface area contributed by atoms with Crippen molar-refractivity contribution < 1.29 is 13.2 Å². The van der Waals surface area contributed by atoms with Crippen molar-refractivity contribution in [2.75, 3.05) is 5.32 Å². The van der Waals surface area contributed by atoms with Gasteiger partial charge in [0.05, 0.1) is 21.6 Å². The maximum Gasteiger partial charge on any atom is 0.241 e. The van der Waals surface area contributed by atoms with E-state index in [4.69, 9.17) is 22.5 Å². The summed E-state index contributed by atoms with van der Waals surface area (Å²) >= 11 is 5.92. The fraction of sp³-hybridized carbons (Fsp3) is 0.417. The molecule has 0 aliphatic rings. The van der Waals surface area contributed by atoms with Crippen LogP contribution in [-0.4, -0.2) is 20.4 Å². The molecule has 2 atom stereocenters. The van der Waals surface area contributed by atoms with Gasteiger partial charge in [0.25, 0.3) is 0 Å². The van der Waals surface area contributed by atoms with E-state index in [1.54, 1.807) is 0 Å². The Labute approximate surface area is 123 Å². The number of halogens is 1. The van der Waals surface area contributed by atoms with Gasteiger partial charge in [0, 0.05) is 0 Å². The highest BCUT2D eigenvalue weighted by Crippen LogP contribution is 2.25. The maximum atomic E-state index is 12.0. The summed E-state index contributed by atoms with van der Waals surface area (Å²) < 4.78 is 22.5. The Morgan fingerprint density at radius 2 is 2.05 bits per heavy atom. The predicted octanol–water partition coefficient (Wildman–Crippen LogP) is 1.30. The van der Waals surface area contributed by atoms with Crippen molar-refractivity contribution in [3.8, 4) is 0 Å². The number of nitrogens with one attached hydrogen (secondary N) is 1. The molecule has 1 aromatic rings. The molecule has 20 heavy (non-hydrogen) atoms. The summed E-state index contributed by atoms with van der Waals surface area (Å²) in [6, 6.07) is 3.13. The van der Waals surface area contributed by atoms with E-state index in [1.165, 1.54) is 18.2 Å². The van der Waals surface area contributed by atoms with Gasteiger partial charge in [-0.05, 0) is 24.1 Å². The lowest BCUT2D eigenvalue weighted by molar-refractivity contribution is -0.118. The molecule has 0 fully saturated rings. The molecule has 0 saturated heterocycles. The van der Waals surface area contributed by atoms with Crippen molar-refractivity contribution in [2.24, 2.45) is 16.8 Å². The molecule has 0 heterocycles. The van der Waals surface area contributed by atoms with Crippen LogP contribution in [-0.2, 0) is 14.8 Å². The molecule has 6 nitrogen and oxygen atoms in total. The summed E-state index contributed by atoms with van der Waals surface area (Å²) in [5.74, 6) is -0.428. The van der Waals surface area contributed by atoms with Crippen LogP contribution < -0.4 is 16.2 Å². The van der Waals surface area contributed by atoms with Gasteiger partial charge < -0.3 is 11.1 Å². The van der Waals surface area contributed by atoms with Gasteiger partial charge in [-0.1, -0.05) is 31.9 Å². The lowest BCUT2D eigenvalue weighted by Gasteiger charge is -2.18. The first-order chi connectivity index (χ1) is 9.16. The van der Waals surface area contributed by atoms with Crippen LogP contribution in [0.2, 0.25) is 5.02 Å². The molecule has 5 N–H and O–H groups in total. The molecule has 0 aliphatic carbocycles. The minimum atomic E-state index is -3.86. The zero-order valence-corrected chi connectivity index (χ0v) is 12.8. The number of sulfonamides is 1. The number of benzene rings is 1. The van der Waals surface area contributed by atoms with E-state index in [2.05, 4.69) is 5.32 Å². The summed E-state index contributed by atoms with van der Waals surface area (Å²) in [5, 5.41) is 7.76. The van der Waals surface area contributed by atoms with E-state index in [1.807, 2.05) is 13.8 Å². The smallest absolute Gasteiger partial charge is 0.241 e. The van der Waals surface area contributed by atoms with Crippen molar-refractivity contribution in [2.45, 2.75) is 31.2 Å². The van der Waals surface area contributed by atoms with Crippen molar-refractivity contribution in [3.63, 3.8) is 0 Å². The Kier molecular flexibility index (Phi) is 5.52. The van der Waals surface area contributed by atoms with Crippen molar-refractivity contribution in [1.29, 1.82) is 0 Å². The number of primary sulfonamides is 1. The second-order valence-corrected chi connectivity index (χ2v) is 6.56. The van der Waals surface area contributed by atoms with Crippen molar-refractivity contribution >= 4 is 33.2 Å².